The van der Waals surface area contributed by atoms with Crippen LogP contribution in [0.15, 0.2) is 70.0 Å². The van der Waals surface area contributed by atoms with Gasteiger partial charge in [-0.05, 0) is 79.6 Å². The van der Waals surface area contributed by atoms with Gasteiger partial charge in [0.1, 0.15) is 5.52 Å². The van der Waals surface area contributed by atoms with Crippen molar-refractivity contribution < 1.29 is 4.42 Å². The first-order valence-electron chi connectivity index (χ1n) is 11.1. The van der Waals surface area contributed by atoms with Gasteiger partial charge < -0.3 is 4.42 Å². The van der Waals surface area contributed by atoms with Gasteiger partial charge in [0.2, 0.25) is 5.89 Å². The van der Waals surface area contributed by atoms with Gasteiger partial charge in [-0.15, -0.1) is 11.8 Å². The van der Waals surface area contributed by atoms with Gasteiger partial charge >= 0.3 is 0 Å². The van der Waals surface area contributed by atoms with Crippen molar-refractivity contribution in [3.63, 3.8) is 0 Å². The summed E-state index contributed by atoms with van der Waals surface area (Å²) in [5.74, 6) is 0.701. The molecule has 0 saturated carbocycles. The van der Waals surface area contributed by atoms with E-state index in [1.807, 2.05) is 6.07 Å². The van der Waals surface area contributed by atoms with E-state index in [0.29, 0.717) is 5.89 Å². The second-order valence-electron chi connectivity index (χ2n) is 8.33. The third kappa shape index (κ3) is 4.15. The number of piperidine rings is 1. The second-order valence-corrected chi connectivity index (χ2v) is 9.18. The van der Waals surface area contributed by atoms with Crippen LogP contribution in [0.5, 0.6) is 0 Å². The highest BCUT2D eigenvalue weighted by molar-refractivity contribution is 7.98. The molecular weight excluding hydrogens is 400 g/mol. The highest BCUT2D eigenvalue weighted by Crippen LogP contribution is 2.35. The summed E-state index contributed by atoms with van der Waals surface area (Å²) in [4.78, 5) is 8.77. The number of oxazole rings is 1. The van der Waals surface area contributed by atoms with Crippen molar-refractivity contribution in [2.24, 2.45) is 0 Å². The molecule has 4 aromatic rings. The Morgan fingerprint density at radius 3 is 2.48 bits per heavy atom. The van der Waals surface area contributed by atoms with Crippen LogP contribution < -0.4 is 0 Å². The normalized spacial score (nSPS) is 14.9. The number of nitrogens with zero attached hydrogens (tertiary/aromatic N) is 2. The molecule has 3 aromatic carbocycles. The number of hydrogen-bond donors (Lipinski definition) is 0. The highest BCUT2D eigenvalue weighted by atomic mass is 32.2. The van der Waals surface area contributed by atoms with Crippen molar-refractivity contribution in [2.45, 2.75) is 37.6 Å². The smallest absolute Gasteiger partial charge is 0.227 e. The number of rotatable bonds is 5. The number of fused-ring (bicyclic) bond motifs is 1. The molecule has 4 heteroatoms. The van der Waals surface area contributed by atoms with Crippen molar-refractivity contribution in [1.29, 1.82) is 0 Å². The van der Waals surface area contributed by atoms with E-state index in [-0.39, 0.29) is 0 Å². The lowest BCUT2D eigenvalue weighted by Crippen LogP contribution is -2.29. The van der Waals surface area contributed by atoms with Crippen molar-refractivity contribution in [2.75, 3.05) is 19.3 Å². The van der Waals surface area contributed by atoms with Gasteiger partial charge in [-0.3, -0.25) is 4.90 Å². The summed E-state index contributed by atoms with van der Waals surface area (Å²) in [5, 5.41) is 0. The summed E-state index contributed by atoms with van der Waals surface area (Å²) in [7, 11) is 0. The van der Waals surface area contributed by atoms with Crippen LogP contribution in [0, 0.1) is 6.92 Å². The third-order valence-corrected chi connectivity index (χ3v) is 7.10. The summed E-state index contributed by atoms with van der Waals surface area (Å²) in [6, 6.07) is 21.3. The topological polar surface area (TPSA) is 29.3 Å². The molecule has 0 spiro atoms. The maximum absolute atomic E-state index is 6.28. The first kappa shape index (κ1) is 20.3. The molecule has 1 fully saturated rings. The third-order valence-electron chi connectivity index (χ3n) is 6.28. The van der Waals surface area contributed by atoms with Crippen LogP contribution in [0.4, 0.5) is 0 Å². The largest absolute Gasteiger partial charge is 0.436 e. The summed E-state index contributed by atoms with van der Waals surface area (Å²) in [6.45, 7) is 5.54. The molecule has 0 atom stereocenters. The predicted octanol–water partition coefficient (Wildman–Crippen LogP) is 7.18. The van der Waals surface area contributed by atoms with E-state index in [1.54, 1.807) is 11.8 Å². The molecule has 0 amide bonds. The van der Waals surface area contributed by atoms with E-state index in [1.165, 1.54) is 59.5 Å². The van der Waals surface area contributed by atoms with Gasteiger partial charge in [-0.1, -0.05) is 48.9 Å². The Balaban J connectivity index is 1.53. The molecule has 1 aliphatic rings. The maximum Gasteiger partial charge on any atom is 0.227 e. The van der Waals surface area contributed by atoms with Crippen LogP contribution in [0.2, 0.25) is 0 Å². The van der Waals surface area contributed by atoms with Gasteiger partial charge in [-0.25, -0.2) is 4.98 Å². The molecule has 2 heterocycles. The fourth-order valence-electron chi connectivity index (χ4n) is 4.58. The Kier molecular flexibility index (Phi) is 5.84. The molecule has 0 aliphatic carbocycles. The van der Waals surface area contributed by atoms with E-state index in [4.69, 9.17) is 9.40 Å². The van der Waals surface area contributed by atoms with E-state index >= 15 is 0 Å². The molecule has 0 unspecified atom stereocenters. The lowest BCUT2D eigenvalue weighted by Gasteiger charge is -2.27. The minimum atomic E-state index is 0.701. The average molecular weight is 429 g/mol. The minimum absolute atomic E-state index is 0.701. The first-order valence-corrected chi connectivity index (χ1v) is 12.3. The SMILES string of the molecule is CSc1cc2oc(-c3cccc(-c4ccccc4)c3C)nc2cc1CN1CCCCC1. The molecule has 1 aliphatic heterocycles. The lowest BCUT2D eigenvalue weighted by molar-refractivity contribution is 0.219. The summed E-state index contributed by atoms with van der Waals surface area (Å²) < 4.78 is 6.28. The fourth-order valence-corrected chi connectivity index (χ4v) is 5.19. The molecular formula is C27H28N2OS. The Morgan fingerprint density at radius 2 is 1.71 bits per heavy atom. The van der Waals surface area contributed by atoms with E-state index in [0.717, 1.165) is 23.2 Å². The second kappa shape index (κ2) is 8.89. The fraction of sp³-hybridized carbons (Fsp3) is 0.296. The van der Waals surface area contributed by atoms with Gasteiger partial charge in [0.15, 0.2) is 5.58 Å². The monoisotopic (exact) mass is 428 g/mol. The molecule has 0 N–H and O–H groups in total. The van der Waals surface area contributed by atoms with E-state index in [2.05, 4.69) is 72.7 Å². The van der Waals surface area contributed by atoms with Gasteiger partial charge in [-0.2, -0.15) is 0 Å². The average Bonchev–Trinajstić information content (AvgIpc) is 3.22. The zero-order valence-electron chi connectivity index (χ0n) is 18.2. The molecule has 1 aromatic heterocycles. The Labute approximate surface area is 188 Å². The number of hydrogen-bond acceptors (Lipinski definition) is 4. The van der Waals surface area contributed by atoms with Crippen LogP contribution in [-0.4, -0.2) is 29.2 Å². The van der Waals surface area contributed by atoms with E-state index in [9.17, 15) is 0 Å². The zero-order chi connectivity index (χ0) is 21.2. The van der Waals surface area contributed by atoms with Crippen LogP contribution in [0.3, 0.4) is 0 Å². The number of likely N-dealkylation sites (tertiary alicyclic amines) is 1. The Hall–Kier alpha value is -2.56. The van der Waals surface area contributed by atoms with Gasteiger partial charge in [0.25, 0.3) is 0 Å². The van der Waals surface area contributed by atoms with Crippen LogP contribution in [-0.2, 0) is 6.54 Å². The van der Waals surface area contributed by atoms with Gasteiger partial charge in [0, 0.05) is 17.0 Å². The predicted molar refractivity (Wildman–Crippen MR) is 131 cm³/mol. The number of thioether (sulfide) groups is 1. The van der Waals surface area contributed by atoms with Crippen LogP contribution >= 0.6 is 11.8 Å². The molecule has 5 rings (SSSR count). The number of aromatic nitrogens is 1. The van der Waals surface area contributed by atoms with Crippen LogP contribution in [0.25, 0.3) is 33.7 Å². The Bertz CT molecular complexity index is 1190. The zero-order valence-corrected chi connectivity index (χ0v) is 19.0. The number of benzene rings is 3. The lowest BCUT2D eigenvalue weighted by atomic mass is 9.96. The van der Waals surface area contributed by atoms with Crippen molar-refractivity contribution >= 4 is 22.9 Å². The Morgan fingerprint density at radius 1 is 0.935 bits per heavy atom. The molecule has 3 nitrogen and oxygen atoms in total. The van der Waals surface area contributed by atoms with E-state index < -0.39 is 0 Å². The molecule has 31 heavy (non-hydrogen) atoms. The molecule has 0 radical (unpaired) electrons. The quantitative estimate of drug-likeness (QED) is 0.315. The summed E-state index contributed by atoms with van der Waals surface area (Å²) in [5.41, 5.74) is 7.86. The van der Waals surface area contributed by atoms with Crippen molar-refractivity contribution in [3.05, 3.63) is 71.8 Å². The minimum Gasteiger partial charge on any atom is -0.436 e. The first-order chi connectivity index (χ1) is 15.2. The maximum atomic E-state index is 6.28. The standard InChI is InChI=1S/C27H28N2OS/c1-19-22(20-10-5-3-6-11-20)12-9-13-23(19)27-28-24-16-21(18-29-14-7-4-8-15-29)26(31-2)17-25(24)30-27/h3,5-6,9-13,16-17H,4,7-8,14-15,18H2,1-2H3. The molecule has 158 valence electrons. The van der Waals surface area contributed by atoms with Crippen molar-refractivity contribution in [1.82, 2.24) is 9.88 Å². The highest BCUT2D eigenvalue weighted by Gasteiger charge is 2.17. The van der Waals surface area contributed by atoms with Gasteiger partial charge in [0.05, 0.1) is 0 Å². The molecule has 0 bridgehead atoms. The summed E-state index contributed by atoms with van der Waals surface area (Å²) >= 11 is 1.79. The van der Waals surface area contributed by atoms with Crippen LogP contribution in [0.1, 0.15) is 30.4 Å². The van der Waals surface area contributed by atoms with Crippen molar-refractivity contribution in [3.8, 4) is 22.6 Å². The molecule has 1 saturated heterocycles. The summed E-state index contributed by atoms with van der Waals surface area (Å²) in [6.07, 6.45) is 6.12.